The second-order valence-corrected chi connectivity index (χ2v) is 5.84. The van der Waals surface area contributed by atoms with Crippen molar-refractivity contribution in [1.82, 2.24) is 5.32 Å². The van der Waals surface area contributed by atoms with E-state index in [-0.39, 0.29) is 11.8 Å². The van der Waals surface area contributed by atoms with Crippen molar-refractivity contribution in [2.24, 2.45) is 0 Å². The molecule has 0 aliphatic heterocycles. The van der Waals surface area contributed by atoms with Crippen LogP contribution in [0, 0.1) is 0 Å². The zero-order valence-electron chi connectivity index (χ0n) is 13.2. The Labute approximate surface area is 135 Å². The molecular formula is C15H21ClN2O4. The van der Waals surface area contributed by atoms with E-state index in [9.17, 15) is 9.59 Å². The molecule has 0 heterocycles. The first-order valence-electron chi connectivity index (χ1n) is 6.74. The third kappa shape index (κ3) is 6.22. The van der Waals surface area contributed by atoms with E-state index < -0.39 is 11.7 Å². The number of hydrogen-bond acceptors (Lipinski definition) is 4. The lowest BCUT2D eigenvalue weighted by molar-refractivity contribution is -0.118. The Morgan fingerprint density at radius 2 is 1.95 bits per heavy atom. The maximum atomic E-state index is 11.8. The van der Waals surface area contributed by atoms with Crippen molar-refractivity contribution in [3.63, 3.8) is 0 Å². The maximum absolute atomic E-state index is 11.8. The van der Waals surface area contributed by atoms with E-state index in [1.165, 1.54) is 7.11 Å². The molecule has 0 aromatic heterocycles. The first-order valence-corrected chi connectivity index (χ1v) is 7.28. The zero-order valence-corrected chi connectivity index (χ0v) is 13.9. The fraction of sp³-hybridized carbons (Fsp3) is 0.467. The van der Waals surface area contributed by atoms with Gasteiger partial charge >= 0.3 is 6.09 Å². The van der Waals surface area contributed by atoms with Crippen LogP contribution < -0.4 is 15.4 Å². The highest BCUT2D eigenvalue weighted by molar-refractivity contribution is 6.27. The number of carbonyl (C=O) groups excluding carboxylic acids is 2. The van der Waals surface area contributed by atoms with Gasteiger partial charge in [0.15, 0.2) is 0 Å². The summed E-state index contributed by atoms with van der Waals surface area (Å²) < 4.78 is 10.4. The molecule has 1 aromatic rings. The van der Waals surface area contributed by atoms with Crippen LogP contribution >= 0.6 is 11.6 Å². The Kier molecular flexibility index (Phi) is 6.49. The van der Waals surface area contributed by atoms with Crippen LogP contribution in [0.5, 0.6) is 5.75 Å². The van der Waals surface area contributed by atoms with Gasteiger partial charge in [0, 0.05) is 6.54 Å². The molecule has 0 spiro atoms. The minimum absolute atomic E-state index is 0.0980. The van der Waals surface area contributed by atoms with E-state index in [0.29, 0.717) is 18.0 Å². The molecule has 1 rings (SSSR count). The van der Waals surface area contributed by atoms with E-state index in [2.05, 4.69) is 10.6 Å². The number of amides is 2. The monoisotopic (exact) mass is 328 g/mol. The third-order valence-electron chi connectivity index (χ3n) is 2.51. The molecule has 0 aliphatic rings. The van der Waals surface area contributed by atoms with Crippen LogP contribution in [0.3, 0.4) is 0 Å². The predicted octanol–water partition coefficient (Wildman–Crippen LogP) is 2.90. The Balaban J connectivity index is 2.82. The smallest absolute Gasteiger partial charge is 0.412 e. The number of benzene rings is 1. The van der Waals surface area contributed by atoms with Gasteiger partial charge in [0.2, 0.25) is 5.91 Å². The predicted molar refractivity (Wildman–Crippen MR) is 85.4 cm³/mol. The van der Waals surface area contributed by atoms with E-state index in [0.717, 1.165) is 5.56 Å². The summed E-state index contributed by atoms with van der Waals surface area (Å²) in [6.45, 7) is 5.64. The summed E-state index contributed by atoms with van der Waals surface area (Å²) in [6.07, 6.45) is -0.576. The lowest BCUT2D eigenvalue weighted by Gasteiger charge is -2.20. The summed E-state index contributed by atoms with van der Waals surface area (Å²) in [6, 6.07) is 5.19. The van der Waals surface area contributed by atoms with Gasteiger partial charge in [0.25, 0.3) is 0 Å². The second-order valence-electron chi connectivity index (χ2n) is 5.57. The van der Waals surface area contributed by atoms with Crippen molar-refractivity contribution in [3.8, 4) is 5.75 Å². The molecule has 0 saturated heterocycles. The Hall–Kier alpha value is -1.95. The minimum atomic E-state index is -0.594. The normalized spacial score (nSPS) is 10.8. The lowest BCUT2D eigenvalue weighted by Crippen LogP contribution is -2.27. The highest BCUT2D eigenvalue weighted by Crippen LogP contribution is 2.26. The van der Waals surface area contributed by atoms with E-state index in [1.54, 1.807) is 39.0 Å². The molecule has 2 N–H and O–H groups in total. The van der Waals surface area contributed by atoms with Gasteiger partial charge in [-0.1, -0.05) is 6.07 Å². The number of ether oxygens (including phenoxy) is 2. The molecule has 0 atom stereocenters. The van der Waals surface area contributed by atoms with Gasteiger partial charge in [0.05, 0.1) is 12.8 Å². The van der Waals surface area contributed by atoms with E-state index in [4.69, 9.17) is 21.1 Å². The van der Waals surface area contributed by atoms with Gasteiger partial charge in [-0.25, -0.2) is 4.79 Å². The molecular weight excluding hydrogens is 308 g/mol. The highest BCUT2D eigenvalue weighted by Gasteiger charge is 2.17. The molecule has 0 fully saturated rings. The zero-order chi connectivity index (χ0) is 16.8. The van der Waals surface area contributed by atoms with Crippen LogP contribution in [0.4, 0.5) is 10.5 Å². The summed E-state index contributed by atoms with van der Waals surface area (Å²) in [5.41, 5.74) is 0.670. The highest BCUT2D eigenvalue weighted by atomic mass is 35.5. The van der Waals surface area contributed by atoms with E-state index >= 15 is 0 Å². The van der Waals surface area contributed by atoms with Crippen molar-refractivity contribution < 1.29 is 19.1 Å². The number of carbonyl (C=O) groups is 2. The molecule has 0 bridgehead atoms. The van der Waals surface area contributed by atoms with Crippen LogP contribution in [0.1, 0.15) is 26.3 Å². The summed E-state index contributed by atoms with van der Waals surface area (Å²) in [4.78, 5) is 23.0. The topological polar surface area (TPSA) is 76.7 Å². The van der Waals surface area contributed by atoms with Crippen molar-refractivity contribution >= 4 is 29.3 Å². The van der Waals surface area contributed by atoms with Gasteiger partial charge < -0.3 is 14.8 Å². The third-order valence-corrected chi connectivity index (χ3v) is 2.75. The first kappa shape index (κ1) is 18.1. The number of methoxy groups -OCH3 is 1. The van der Waals surface area contributed by atoms with E-state index in [1.807, 2.05) is 0 Å². The quantitative estimate of drug-likeness (QED) is 0.815. The summed E-state index contributed by atoms with van der Waals surface area (Å²) in [7, 11) is 1.50. The molecule has 0 unspecified atom stereocenters. The average molecular weight is 329 g/mol. The number of anilines is 1. The largest absolute Gasteiger partial charge is 0.495 e. The minimum Gasteiger partial charge on any atom is -0.495 e. The van der Waals surface area contributed by atoms with Crippen LogP contribution in [0.2, 0.25) is 0 Å². The van der Waals surface area contributed by atoms with Gasteiger partial charge in [-0.15, -0.1) is 11.6 Å². The van der Waals surface area contributed by atoms with Crippen molar-refractivity contribution in [3.05, 3.63) is 23.8 Å². The van der Waals surface area contributed by atoms with Gasteiger partial charge in [0.1, 0.15) is 17.2 Å². The van der Waals surface area contributed by atoms with Crippen LogP contribution in [0.15, 0.2) is 18.2 Å². The fourth-order valence-corrected chi connectivity index (χ4v) is 1.72. The molecule has 6 nitrogen and oxygen atoms in total. The molecule has 0 saturated carbocycles. The summed E-state index contributed by atoms with van der Waals surface area (Å²) >= 11 is 5.42. The van der Waals surface area contributed by atoms with Crippen LogP contribution in [-0.4, -0.2) is 30.6 Å². The Morgan fingerprint density at radius 1 is 1.27 bits per heavy atom. The van der Waals surface area contributed by atoms with Gasteiger partial charge in [-0.2, -0.15) is 0 Å². The Morgan fingerprint density at radius 3 is 2.50 bits per heavy atom. The maximum Gasteiger partial charge on any atom is 0.412 e. The molecule has 0 aliphatic carbocycles. The van der Waals surface area contributed by atoms with Crippen molar-refractivity contribution in [2.75, 3.05) is 18.3 Å². The SMILES string of the molecule is COc1ccc(CNC(=O)CCl)cc1NC(=O)OC(C)(C)C. The summed E-state index contributed by atoms with van der Waals surface area (Å²) in [5, 5.41) is 5.28. The number of alkyl halides is 1. The summed E-state index contributed by atoms with van der Waals surface area (Å²) in [5.74, 6) is 0.136. The number of rotatable bonds is 5. The molecule has 122 valence electrons. The Bertz CT molecular complexity index is 541. The molecule has 2 amide bonds. The fourth-order valence-electron chi connectivity index (χ4n) is 1.62. The van der Waals surface area contributed by atoms with Gasteiger partial charge in [-0.05, 0) is 38.5 Å². The number of halogens is 1. The molecule has 0 radical (unpaired) electrons. The van der Waals surface area contributed by atoms with Gasteiger partial charge in [-0.3, -0.25) is 10.1 Å². The number of nitrogens with one attached hydrogen (secondary N) is 2. The lowest BCUT2D eigenvalue weighted by atomic mass is 10.2. The molecule has 1 aromatic carbocycles. The standard InChI is InChI=1S/C15H21ClN2O4/c1-15(2,3)22-14(20)18-11-7-10(5-6-12(11)21-4)9-17-13(19)8-16/h5-7H,8-9H2,1-4H3,(H,17,19)(H,18,20). The van der Waals surface area contributed by atoms with Crippen LogP contribution in [-0.2, 0) is 16.1 Å². The number of hydrogen-bond donors (Lipinski definition) is 2. The average Bonchev–Trinajstić information content (AvgIpc) is 2.42. The van der Waals surface area contributed by atoms with Crippen LogP contribution in [0.25, 0.3) is 0 Å². The molecule has 7 heteroatoms. The molecule has 22 heavy (non-hydrogen) atoms. The second kappa shape index (κ2) is 7.89. The first-order chi connectivity index (χ1) is 10.2. The van der Waals surface area contributed by atoms with Crippen molar-refractivity contribution in [2.45, 2.75) is 32.9 Å². The van der Waals surface area contributed by atoms with Crippen molar-refractivity contribution in [1.29, 1.82) is 0 Å².